The van der Waals surface area contributed by atoms with E-state index >= 15 is 0 Å². The Morgan fingerprint density at radius 2 is 0.971 bits per heavy atom. The smallest absolute Gasteiger partial charge is 0.343 e. The van der Waals surface area contributed by atoms with Crippen molar-refractivity contribution in [2.45, 2.75) is 0 Å². The molecule has 0 radical (unpaired) electrons. The van der Waals surface area contributed by atoms with Crippen LogP contribution in [0.3, 0.4) is 0 Å². The summed E-state index contributed by atoms with van der Waals surface area (Å²) in [5.74, 6) is -1.28. The van der Waals surface area contributed by atoms with Crippen molar-refractivity contribution in [3.8, 4) is 11.5 Å². The highest BCUT2D eigenvalue weighted by atomic mass is 16.6. The number of carbonyl (C=O) groups is 2. The quantitative estimate of drug-likeness (QED) is 0.168. The number of esters is 2. The van der Waals surface area contributed by atoms with E-state index in [1.54, 1.807) is 24.3 Å². The summed E-state index contributed by atoms with van der Waals surface area (Å²) in [5.41, 5.74) is -0.496. The second-order valence-corrected chi connectivity index (χ2v) is 7.00. The molecule has 0 spiro atoms. The first-order chi connectivity index (χ1) is 16.3. The third-order valence-electron chi connectivity index (χ3n) is 4.83. The van der Waals surface area contributed by atoms with Gasteiger partial charge in [-0.25, -0.2) is 9.59 Å². The van der Waals surface area contributed by atoms with Crippen molar-refractivity contribution in [3.05, 3.63) is 116 Å². The molecule has 10 heteroatoms. The largest absolute Gasteiger partial charge is 0.422 e. The van der Waals surface area contributed by atoms with E-state index in [-0.39, 0.29) is 34.0 Å². The maximum Gasteiger partial charge on any atom is 0.343 e. The Morgan fingerprint density at radius 3 is 1.35 bits per heavy atom. The van der Waals surface area contributed by atoms with Crippen LogP contribution < -0.4 is 9.47 Å². The van der Waals surface area contributed by atoms with Gasteiger partial charge < -0.3 is 9.47 Å². The Hall–Kier alpha value is -5.12. The van der Waals surface area contributed by atoms with Gasteiger partial charge in [-0.3, -0.25) is 20.2 Å². The topological polar surface area (TPSA) is 139 Å². The van der Waals surface area contributed by atoms with Gasteiger partial charge in [-0.2, -0.15) is 0 Å². The van der Waals surface area contributed by atoms with Crippen LogP contribution in [0, 0.1) is 20.2 Å². The van der Waals surface area contributed by atoms with Crippen LogP contribution in [0.2, 0.25) is 0 Å². The standard InChI is InChI=1S/C24H14N2O8/c27-23(15-5-1-7-17(13-15)25(29)30)33-21-11-3-10-20-19(21)9-4-12-22(20)34-24(28)16-6-2-8-18(14-16)26(31)32/h1-14H. The zero-order valence-corrected chi connectivity index (χ0v) is 17.2. The van der Waals surface area contributed by atoms with Crippen LogP contribution in [-0.2, 0) is 0 Å². The molecule has 0 heterocycles. The molecule has 0 unspecified atom stereocenters. The molecule has 0 saturated carbocycles. The van der Waals surface area contributed by atoms with E-state index < -0.39 is 21.8 Å². The zero-order chi connectivity index (χ0) is 24.2. The predicted octanol–water partition coefficient (Wildman–Crippen LogP) is 5.09. The minimum atomic E-state index is -0.796. The van der Waals surface area contributed by atoms with Crippen molar-refractivity contribution < 1.29 is 28.9 Å². The first kappa shape index (κ1) is 22.1. The lowest BCUT2D eigenvalue weighted by Gasteiger charge is -2.11. The molecule has 0 N–H and O–H groups in total. The summed E-state index contributed by atoms with van der Waals surface area (Å²) in [6, 6.07) is 19.8. The van der Waals surface area contributed by atoms with Gasteiger partial charge in [0.15, 0.2) is 0 Å². The van der Waals surface area contributed by atoms with Gasteiger partial charge in [0.2, 0.25) is 0 Å². The van der Waals surface area contributed by atoms with Crippen molar-refractivity contribution in [1.82, 2.24) is 0 Å². The normalized spacial score (nSPS) is 10.5. The predicted molar refractivity (Wildman–Crippen MR) is 120 cm³/mol. The molecular weight excluding hydrogens is 444 g/mol. The SMILES string of the molecule is O=C(Oc1cccc2c(OC(=O)c3cccc([N+](=O)[O-])c3)cccc12)c1cccc([N+](=O)[O-])c1. The fraction of sp³-hybridized carbons (Fsp3) is 0. The first-order valence-electron chi connectivity index (χ1n) is 9.78. The molecule has 0 bridgehead atoms. The molecule has 4 aromatic rings. The summed E-state index contributed by atoms with van der Waals surface area (Å²) in [6.45, 7) is 0. The maximum absolute atomic E-state index is 12.6. The van der Waals surface area contributed by atoms with Crippen LogP contribution in [0.25, 0.3) is 10.8 Å². The molecule has 0 aliphatic rings. The molecule has 0 amide bonds. The number of nitrogens with zero attached hydrogens (tertiary/aromatic N) is 2. The van der Waals surface area contributed by atoms with Gasteiger partial charge in [-0.05, 0) is 24.3 Å². The van der Waals surface area contributed by atoms with Gasteiger partial charge in [-0.15, -0.1) is 0 Å². The minimum Gasteiger partial charge on any atom is -0.422 e. The minimum absolute atomic E-state index is 0.000502. The third-order valence-corrected chi connectivity index (χ3v) is 4.83. The molecule has 0 aliphatic heterocycles. The fourth-order valence-electron chi connectivity index (χ4n) is 3.24. The van der Waals surface area contributed by atoms with E-state index in [4.69, 9.17) is 9.47 Å². The highest BCUT2D eigenvalue weighted by molar-refractivity contribution is 6.00. The Labute approximate surface area is 191 Å². The molecule has 34 heavy (non-hydrogen) atoms. The molecule has 4 rings (SSSR count). The van der Waals surface area contributed by atoms with E-state index in [1.165, 1.54) is 48.5 Å². The Bertz CT molecular complexity index is 1350. The molecular formula is C24H14N2O8. The van der Waals surface area contributed by atoms with Gasteiger partial charge in [0.05, 0.1) is 21.0 Å². The molecule has 0 fully saturated rings. The monoisotopic (exact) mass is 458 g/mol. The van der Waals surface area contributed by atoms with Crippen LogP contribution in [0.1, 0.15) is 20.7 Å². The molecule has 0 aromatic heterocycles. The van der Waals surface area contributed by atoms with Gasteiger partial charge in [0.1, 0.15) is 11.5 Å². The van der Waals surface area contributed by atoms with Gasteiger partial charge in [0, 0.05) is 35.0 Å². The average molecular weight is 458 g/mol. The Balaban J connectivity index is 1.62. The zero-order valence-electron chi connectivity index (χ0n) is 17.2. The van der Waals surface area contributed by atoms with E-state index in [1.807, 2.05) is 0 Å². The van der Waals surface area contributed by atoms with Crippen LogP contribution in [0.4, 0.5) is 11.4 Å². The first-order valence-corrected chi connectivity index (χ1v) is 9.78. The van der Waals surface area contributed by atoms with Crippen LogP contribution in [-0.4, -0.2) is 21.8 Å². The van der Waals surface area contributed by atoms with Crippen LogP contribution in [0.5, 0.6) is 11.5 Å². The Morgan fingerprint density at radius 1 is 0.588 bits per heavy atom. The summed E-state index contributed by atoms with van der Waals surface area (Å²) in [4.78, 5) is 45.9. The number of benzene rings is 4. The maximum atomic E-state index is 12.6. The van der Waals surface area contributed by atoms with Gasteiger partial charge in [0.25, 0.3) is 11.4 Å². The van der Waals surface area contributed by atoms with Crippen molar-refractivity contribution in [1.29, 1.82) is 0 Å². The fourth-order valence-corrected chi connectivity index (χ4v) is 3.24. The summed E-state index contributed by atoms with van der Waals surface area (Å²) in [5, 5.41) is 22.8. The van der Waals surface area contributed by atoms with Crippen LogP contribution >= 0.6 is 0 Å². The second-order valence-electron chi connectivity index (χ2n) is 7.00. The molecule has 10 nitrogen and oxygen atoms in total. The van der Waals surface area contributed by atoms with Crippen LogP contribution in [0.15, 0.2) is 84.9 Å². The van der Waals surface area contributed by atoms with E-state index in [0.717, 1.165) is 12.1 Å². The number of hydrogen-bond donors (Lipinski definition) is 0. The summed E-state index contributed by atoms with van der Waals surface area (Å²) in [7, 11) is 0. The highest BCUT2D eigenvalue weighted by Gasteiger charge is 2.18. The molecule has 4 aromatic carbocycles. The summed E-state index contributed by atoms with van der Waals surface area (Å²) < 4.78 is 10.9. The number of rotatable bonds is 6. The van der Waals surface area contributed by atoms with Crippen molar-refractivity contribution in [2.24, 2.45) is 0 Å². The van der Waals surface area contributed by atoms with E-state index in [9.17, 15) is 29.8 Å². The van der Waals surface area contributed by atoms with Gasteiger partial charge in [-0.1, -0.05) is 36.4 Å². The second kappa shape index (κ2) is 9.17. The number of ether oxygens (including phenoxy) is 2. The number of carbonyl (C=O) groups excluding carboxylic acids is 2. The molecule has 0 atom stereocenters. The third kappa shape index (κ3) is 4.55. The number of hydrogen-bond acceptors (Lipinski definition) is 8. The molecule has 0 aliphatic carbocycles. The summed E-state index contributed by atoms with van der Waals surface area (Å²) >= 11 is 0. The van der Waals surface area contributed by atoms with Crippen molar-refractivity contribution >= 4 is 34.1 Å². The lowest BCUT2D eigenvalue weighted by molar-refractivity contribution is -0.385. The molecule has 0 saturated heterocycles. The number of non-ortho nitro benzene ring substituents is 2. The van der Waals surface area contributed by atoms with Crippen molar-refractivity contribution in [2.75, 3.05) is 0 Å². The average Bonchev–Trinajstić information content (AvgIpc) is 2.84. The molecule has 168 valence electrons. The lowest BCUT2D eigenvalue weighted by Crippen LogP contribution is -2.10. The lowest BCUT2D eigenvalue weighted by atomic mass is 10.1. The van der Waals surface area contributed by atoms with Crippen molar-refractivity contribution in [3.63, 3.8) is 0 Å². The van der Waals surface area contributed by atoms with E-state index in [0.29, 0.717) is 10.8 Å². The number of nitro groups is 2. The van der Waals surface area contributed by atoms with Gasteiger partial charge >= 0.3 is 11.9 Å². The van der Waals surface area contributed by atoms with E-state index in [2.05, 4.69) is 0 Å². The number of nitro benzene ring substituents is 2. The Kier molecular flexibility index (Phi) is 5.95. The number of fused-ring (bicyclic) bond motifs is 1. The summed E-state index contributed by atoms with van der Waals surface area (Å²) in [6.07, 6.45) is 0. The highest BCUT2D eigenvalue weighted by Crippen LogP contribution is 2.33.